The Bertz CT molecular complexity index is 692. The molecule has 190 valence electrons. The quantitative estimate of drug-likeness (QED) is 0.572. The van der Waals surface area contributed by atoms with Crippen LogP contribution in [-0.2, 0) is 14.3 Å². The monoisotopic (exact) mass is 475 g/mol. The van der Waals surface area contributed by atoms with Gasteiger partial charge in [0.2, 0.25) is 0 Å². The number of Topliss-reactive ketones (excluding diaryl/α,β-unsaturated/α-hetero) is 1. The number of hydrogen-bond acceptors (Lipinski definition) is 6. The summed E-state index contributed by atoms with van der Waals surface area (Å²) < 4.78 is 36.1. The molecule has 0 radical (unpaired) electrons. The number of piperidine rings is 2. The lowest BCUT2D eigenvalue weighted by Crippen LogP contribution is -2.61. The zero-order valence-corrected chi connectivity index (χ0v) is 20.8. The van der Waals surface area contributed by atoms with E-state index in [9.17, 15) is 23.2 Å². The number of nitrogens with zero attached hydrogens (tertiary/aromatic N) is 3. The topological polar surface area (TPSA) is 79.4 Å². The van der Waals surface area contributed by atoms with Crippen LogP contribution in [0.4, 0.5) is 18.4 Å². The molecule has 3 heterocycles. The van der Waals surface area contributed by atoms with Crippen molar-refractivity contribution in [1.82, 2.24) is 14.7 Å². The number of ketones is 1. The van der Waals surface area contributed by atoms with E-state index in [1.165, 1.54) is 0 Å². The van der Waals surface area contributed by atoms with Crippen LogP contribution in [-0.4, -0.2) is 95.1 Å². The molecule has 0 saturated carbocycles. The maximum atomic E-state index is 12.8. The fraction of sp³-hybridized carbons (Fsp3) is 0.870. The molecular formula is C23H39F2N3O5. The van der Waals surface area contributed by atoms with Crippen molar-refractivity contribution >= 4 is 18.0 Å². The summed E-state index contributed by atoms with van der Waals surface area (Å²) in [6, 6.07) is 0.179. The van der Waals surface area contributed by atoms with Crippen LogP contribution in [0.15, 0.2) is 0 Å². The van der Waals surface area contributed by atoms with Crippen molar-refractivity contribution < 1.29 is 32.6 Å². The molecule has 0 aromatic carbocycles. The van der Waals surface area contributed by atoms with E-state index in [1.807, 2.05) is 46.4 Å². The lowest BCUT2D eigenvalue weighted by atomic mass is 9.98. The summed E-state index contributed by atoms with van der Waals surface area (Å²) in [4.78, 5) is 39.4. The van der Waals surface area contributed by atoms with Gasteiger partial charge in [0.05, 0.1) is 13.1 Å². The van der Waals surface area contributed by atoms with Crippen molar-refractivity contribution in [2.45, 2.75) is 90.4 Å². The molecule has 3 aliphatic rings. The first-order valence-corrected chi connectivity index (χ1v) is 11.6. The van der Waals surface area contributed by atoms with Crippen LogP contribution in [0.5, 0.6) is 0 Å². The SMILES string of the molecule is CC(C)(C)OC(=O)N1CCC(=O)CC1.CC(C)(C)OC(=O)N1CCC(N2CC(F)(F)C2)CC1. The van der Waals surface area contributed by atoms with Crippen LogP contribution < -0.4 is 0 Å². The van der Waals surface area contributed by atoms with Crippen LogP contribution >= 0.6 is 0 Å². The van der Waals surface area contributed by atoms with Crippen molar-refractivity contribution in [1.29, 1.82) is 0 Å². The minimum atomic E-state index is -2.51. The van der Waals surface area contributed by atoms with Crippen LogP contribution in [0.3, 0.4) is 0 Å². The molecule has 0 atom stereocenters. The number of hydrogen-bond donors (Lipinski definition) is 0. The first-order valence-electron chi connectivity index (χ1n) is 11.6. The van der Waals surface area contributed by atoms with Gasteiger partial charge in [0, 0.05) is 45.1 Å². The van der Waals surface area contributed by atoms with Crippen LogP contribution in [0.1, 0.15) is 67.2 Å². The summed E-state index contributed by atoms with van der Waals surface area (Å²) in [5.41, 5.74) is -0.952. The molecule has 0 bridgehead atoms. The second-order valence-electron chi connectivity index (χ2n) is 11.0. The number of halogens is 2. The van der Waals surface area contributed by atoms with Crippen molar-refractivity contribution in [3.05, 3.63) is 0 Å². The van der Waals surface area contributed by atoms with Gasteiger partial charge in [-0.25, -0.2) is 18.4 Å². The van der Waals surface area contributed by atoms with Crippen LogP contribution in [0, 0.1) is 0 Å². The molecule has 10 heteroatoms. The molecule has 2 amide bonds. The van der Waals surface area contributed by atoms with Gasteiger partial charge in [-0.05, 0) is 54.4 Å². The Morgan fingerprint density at radius 2 is 1.21 bits per heavy atom. The van der Waals surface area contributed by atoms with Gasteiger partial charge in [0.1, 0.15) is 17.0 Å². The lowest BCUT2D eigenvalue weighted by molar-refractivity contribution is -0.151. The van der Waals surface area contributed by atoms with Crippen molar-refractivity contribution in [2.24, 2.45) is 0 Å². The summed E-state index contributed by atoms with van der Waals surface area (Å²) in [6.45, 7) is 12.9. The molecule has 3 fully saturated rings. The number of ether oxygens (including phenoxy) is 2. The standard InChI is InChI=1S/C13H22F2N2O2.C10H17NO3/c1-12(2,3)19-11(18)16-6-4-10(5-7-16)17-8-13(14,15)9-17;1-10(2,3)14-9(13)11-6-4-8(12)5-7-11/h10H,4-9H2,1-3H3;4-7H2,1-3H3. The van der Waals surface area contributed by atoms with E-state index in [1.54, 1.807) is 9.80 Å². The number of alkyl halides is 2. The van der Waals surface area contributed by atoms with Gasteiger partial charge < -0.3 is 19.3 Å². The molecule has 8 nitrogen and oxygen atoms in total. The van der Waals surface area contributed by atoms with E-state index in [-0.39, 0.29) is 37.1 Å². The zero-order valence-electron chi connectivity index (χ0n) is 20.8. The number of likely N-dealkylation sites (tertiary alicyclic amines) is 3. The van der Waals surface area contributed by atoms with Crippen LogP contribution in [0.2, 0.25) is 0 Å². The number of rotatable bonds is 1. The van der Waals surface area contributed by atoms with Gasteiger partial charge in [-0.15, -0.1) is 0 Å². The zero-order chi connectivity index (χ0) is 25.0. The van der Waals surface area contributed by atoms with E-state index in [4.69, 9.17) is 9.47 Å². The minimum Gasteiger partial charge on any atom is -0.444 e. The Morgan fingerprint density at radius 3 is 1.58 bits per heavy atom. The van der Waals surface area contributed by atoms with Crippen LogP contribution in [0.25, 0.3) is 0 Å². The highest BCUT2D eigenvalue weighted by atomic mass is 19.3. The van der Waals surface area contributed by atoms with E-state index >= 15 is 0 Å². The summed E-state index contributed by atoms with van der Waals surface area (Å²) in [7, 11) is 0. The Morgan fingerprint density at radius 1 is 0.818 bits per heavy atom. The third-order valence-corrected chi connectivity index (χ3v) is 5.47. The molecule has 3 rings (SSSR count). The molecule has 0 aromatic heterocycles. The van der Waals surface area contributed by atoms with Gasteiger partial charge in [-0.2, -0.15) is 0 Å². The first-order chi connectivity index (χ1) is 15.0. The molecule has 33 heavy (non-hydrogen) atoms. The van der Waals surface area contributed by atoms with Crippen molar-refractivity contribution in [2.75, 3.05) is 39.3 Å². The minimum absolute atomic E-state index is 0.135. The predicted octanol–water partition coefficient (Wildman–Crippen LogP) is 3.92. The second-order valence-corrected chi connectivity index (χ2v) is 11.0. The van der Waals surface area contributed by atoms with Gasteiger partial charge in [-0.3, -0.25) is 9.69 Å². The highest BCUT2D eigenvalue weighted by Crippen LogP contribution is 2.31. The Hall–Kier alpha value is -1.97. The fourth-order valence-electron chi connectivity index (χ4n) is 3.81. The predicted molar refractivity (Wildman–Crippen MR) is 119 cm³/mol. The maximum absolute atomic E-state index is 12.8. The first kappa shape index (κ1) is 27.3. The van der Waals surface area contributed by atoms with E-state index in [0.29, 0.717) is 39.0 Å². The van der Waals surface area contributed by atoms with Crippen molar-refractivity contribution in [3.8, 4) is 0 Å². The smallest absolute Gasteiger partial charge is 0.410 e. The Kier molecular flexibility index (Phi) is 8.70. The van der Waals surface area contributed by atoms with Gasteiger partial charge in [0.15, 0.2) is 0 Å². The third-order valence-electron chi connectivity index (χ3n) is 5.47. The Labute approximate surface area is 195 Å². The molecule has 3 saturated heterocycles. The average Bonchev–Trinajstić information content (AvgIpc) is 2.64. The molecule has 3 aliphatic heterocycles. The third kappa shape index (κ3) is 9.43. The van der Waals surface area contributed by atoms with E-state index in [0.717, 1.165) is 12.8 Å². The van der Waals surface area contributed by atoms with Gasteiger partial charge >= 0.3 is 12.2 Å². The molecular weight excluding hydrogens is 436 g/mol. The molecule has 0 aromatic rings. The summed E-state index contributed by atoms with van der Waals surface area (Å²) in [5.74, 6) is -2.28. The van der Waals surface area contributed by atoms with Gasteiger partial charge in [0.25, 0.3) is 5.92 Å². The molecule has 0 spiro atoms. The second kappa shape index (κ2) is 10.5. The molecule has 0 aliphatic carbocycles. The summed E-state index contributed by atoms with van der Waals surface area (Å²) in [5, 5.41) is 0. The number of carbonyl (C=O) groups is 3. The highest BCUT2D eigenvalue weighted by Gasteiger charge is 2.47. The number of amides is 2. The Balaban J connectivity index is 0.000000245. The normalized spacial score (nSPS) is 22.1. The lowest BCUT2D eigenvalue weighted by Gasteiger charge is -2.46. The van der Waals surface area contributed by atoms with Gasteiger partial charge in [-0.1, -0.05) is 0 Å². The average molecular weight is 476 g/mol. The maximum Gasteiger partial charge on any atom is 0.410 e. The summed E-state index contributed by atoms with van der Waals surface area (Å²) in [6.07, 6.45) is 1.79. The number of carbonyl (C=O) groups excluding carboxylic acids is 3. The summed E-state index contributed by atoms with van der Waals surface area (Å²) >= 11 is 0. The fourth-order valence-corrected chi connectivity index (χ4v) is 3.81. The molecule has 0 N–H and O–H groups in total. The molecule has 0 unspecified atom stereocenters. The van der Waals surface area contributed by atoms with E-state index in [2.05, 4.69) is 0 Å². The largest absolute Gasteiger partial charge is 0.444 e. The highest BCUT2D eigenvalue weighted by molar-refractivity contribution is 5.81. The van der Waals surface area contributed by atoms with E-state index < -0.39 is 17.1 Å². The van der Waals surface area contributed by atoms with Crippen molar-refractivity contribution in [3.63, 3.8) is 0 Å².